The summed E-state index contributed by atoms with van der Waals surface area (Å²) in [5, 5.41) is 12.2. The van der Waals surface area contributed by atoms with Crippen LogP contribution in [0.3, 0.4) is 0 Å². The quantitative estimate of drug-likeness (QED) is 0.736. The SMILES string of the molecule is CNCc1cc(N)nc(-c2ccc(O)cc2)n1. The van der Waals surface area contributed by atoms with Crippen molar-refractivity contribution in [3.05, 3.63) is 36.0 Å². The van der Waals surface area contributed by atoms with Crippen LogP contribution in [0, 0.1) is 0 Å². The van der Waals surface area contributed by atoms with Gasteiger partial charge in [-0.3, -0.25) is 0 Å². The van der Waals surface area contributed by atoms with Gasteiger partial charge in [0.15, 0.2) is 5.82 Å². The number of benzene rings is 1. The summed E-state index contributed by atoms with van der Waals surface area (Å²) >= 11 is 0. The molecule has 4 N–H and O–H groups in total. The largest absolute Gasteiger partial charge is 0.508 e. The highest BCUT2D eigenvalue weighted by Gasteiger charge is 2.05. The normalized spacial score (nSPS) is 10.4. The number of anilines is 1. The number of phenols is 1. The number of phenolic OH excluding ortho intramolecular Hbond substituents is 1. The molecule has 1 heterocycles. The number of nitrogens with one attached hydrogen (secondary N) is 1. The second kappa shape index (κ2) is 4.80. The fourth-order valence-corrected chi connectivity index (χ4v) is 1.53. The minimum absolute atomic E-state index is 0.216. The van der Waals surface area contributed by atoms with Gasteiger partial charge in [0.05, 0.1) is 5.69 Å². The molecule has 1 aromatic carbocycles. The third-order valence-corrected chi connectivity index (χ3v) is 2.28. The van der Waals surface area contributed by atoms with Crippen molar-refractivity contribution in [2.45, 2.75) is 6.54 Å². The van der Waals surface area contributed by atoms with Crippen LogP contribution in [0.25, 0.3) is 11.4 Å². The smallest absolute Gasteiger partial charge is 0.161 e. The summed E-state index contributed by atoms with van der Waals surface area (Å²) in [6, 6.07) is 8.44. The van der Waals surface area contributed by atoms with Gasteiger partial charge in [-0.1, -0.05) is 0 Å². The summed E-state index contributed by atoms with van der Waals surface area (Å²) in [5.41, 5.74) is 7.39. The van der Waals surface area contributed by atoms with Crippen LogP contribution in [0.15, 0.2) is 30.3 Å². The number of aromatic nitrogens is 2. The van der Waals surface area contributed by atoms with Gasteiger partial charge in [0.2, 0.25) is 0 Å². The Balaban J connectivity index is 2.40. The van der Waals surface area contributed by atoms with E-state index in [0.29, 0.717) is 18.2 Å². The minimum atomic E-state index is 0.216. The Bertz CT molecular complexity index is 510. The van der Waals surface area contributed by atoms with Crippen LogP contribution < -0.4 is 11.1 Å². The van der Waals surface area contributed by atoms with E-state index in [1.165, 1.54) is 0 Å². The average Bonchev–Trinajstić information content (AvgIpc) is 2.29. The monoisotopic (exact) mass is 230 g/mol. The van der Waals surface area contributed by atoms with E-state index in [2.05, 4.69) is 15.3 Å². The molecule has 5 nitrogen and oxygen atoms in total. The van der Waals surface area contributed by atoms with Crippen LogP contribution in [-0.2, 0) is 6.54 Å². The van der Waals surface area contributed by atoms with Gasteiger partial charge in [0.1, 0.15) is 11.6 Å². The molecule has 2 rings (SSSR count). The fraction of sp³-hybridized carbons (Fsp3) is 0.167. The first-order valence-corrected chi connectivity index (χ1v) is 5.26. The molecule has 0 bridgehead atoms. The van der Waals surface area contributed by atoms with Crippen LogP contribution in [0.5, 0.6) is 5.75 Å². The third kappa shape index (κ3) is 2.70. The second-order valence-corrected chi connectivity index (χ2v) is 3.68. The van der Waals surface area contributed by atoms with E-state index in [4.69, 9.17) is 5.73 Å². The number of nitrogens with two attached hydrogens (primary N) is 1. The Morgan fingerprint density at radius 3 is 2.59 bits per heavy atom. The maximum atomic E-state index is 9.22. The molecule has 0 aliphatic carbocycles. The molecule has 0 atom stereocenters. The summed E-state index contributed by atoms with van der Waals surface area (Å²) in [4.78, 5) is 8.56. The van der Waals surface area contributed by atoms with Crippen LogP contribution in [0.1, 0.15) is 5.69 Å². The molecule has 1 aromatic heterocycles. The number of aromatic hydroxyl groups is 1. The number of hydrogen-bond donors (Lipinski definition) is 3. The minimum Gasteiger partial charge on any atom is -0.508 e. The molecule has 88 valence electrons. The molecule has 0 unspecified atom stereocenters. The molecule has 0 radical (unpaired) electrons. The maximum absolute atomic E-state index is 9.22. The molecule has 2 aromatic rings. The average molecular weight is 230 g/mol. The van der Waals surface area contributed by atoms with Crippen LogP contribution in [0.2, 0.25) is 0 Å². The van der Waals surface area contributed by atoms with Gasteiger partial charge in [-0.25, -0.2) is 9.97 Å². The van der Waals surface area contributed by atoms with Crippen molar-refractivity contribution in [2.75, 3.05) is 12.8 Å². The van der Waals surface area contributed by atoms with Crippen molar-refractivity contribution in [1.29, 1.82) is 0 Å². The Labute approximate surface area is 99.3 Å². The van der Waals surface area contributed by atoms with Crippen molar-refractivity contribution in [3.8, 4) is 17.1 Å². The molecule has 0 saturated carbocycles. The maximum Gasteiger partial charge on any atom is 0.161 e. The molecule has 0 spiro atoms. The number of hydrogen-bond acceptors (Lipinski definition) is 5. The standard InChI is InChI=1S/C12H14N4O/c1-14-7-9-6-11(13)16-12(15-9)8-2-4-10(17)5-3-8/h2-6,14,17H,7H2,1H3,(H2,13,15,16). The van der Waals surface area contributed by atoms with Gasteiger partial charge < -0.3 is 16.2 Å². The first-order chi connectivity index (χ1) is 8.19. The first-order valence-electron chi connectivity index (χ1n) is 5.26. The van der Waals surface area contributed by atoms with Gasteiger partial charge in [-0.2, -0.15) is 0 Å². The Kier molecular flexibility index (Phi) is 3.20. The zero-order valence-electron chi connectivity index (χ0n) is 9.51. The zero-order valence-corrected chi connectivity index (χ0v) is 9.51. The second-order valence-electron chi connectivity index (χ2n) is 3.68. The van der Waals surface area contributed by atoms with Crippen molar-refractivity contribution in [3.63, 3.8) is 0 Å². The third-order valence-electron chi connectivity index (χ3n) is 2.28. The molecule has 0 aliphatic heterocycles. The van der Waals surface area contributed by atoms with Gasteiger partial charge in [0, 0.05) is 18.2 Å². The topological polar surface area (TPSA) is 84.1 Å². The van der Waals surface area contributed by atoms with Gasteiger partial charge in [-0.15, -0.1) is 0 Å². The highest BCUT2D eigenvalue weighted by Crippen LogP contribution is 2.19. The first kappa shape index (κ1) is 11.3. The highest BCUT2D eigenvalue weighted by atomic mass is 16.3. The molecule has 0 fully saturated rings. The van der Waals surface area contributed by atoms with E-state index in [9.17, 15) is 5.11 Å². The van der Waals surface area contributed by atoms with Crippen molar-refractivity contribution in [2.24, 2.45) is 0 Å². The molecule has 0 aliphatic rings. The lowest BCUT2D eigenvalue weighted by Crippen LogP contribution is -2.09. The zero-order chi connectivity index (χ0) is 12.3. The van der Waals surface area contributed by atoms with Gasteiger partial charge in [-0.05, 0) is 31.3 Å². The van der Waals surface area contributed by atoms with Crippen molar-refractivity contribution in [1.82, 2.24) is 15.3 Å². The number of rotatable bonds is 3. The Hall–Kier alpha value is -2.14. The molecule has 17 heavy (non-hydrogen) atoms. The molecule has 5 heteroatoms. The van der Waals surface area contributed by atoms with Crippen molar-refractivity contribution >= 4 is 5.82 Å². The Morgan fingerprint density at radius 1 is 1.24 bits per heavy atom. The summed E-state index contributed by atoms with van der Waals surface area (Å²) in [6.45, 7) is 0.637. The highest BCUT2D eigenvalue weighted by molar-refractivity contribution is 5.58. The van der Waals surface area contributed by atoms with E-state index in [0.717, 1.165) is 11.3 Å². The molecular formula is C12H14N4O. The summed E-state index contributed by atoms with van der Waals surface area (Å²) in [6.07, 6.45) is 0. The summed E-state index contributed by atoms with van der Waals surface area (Å²) < 4.78 is 0. The van der Waals surface area contributed by atoms with E-state index in [-0.39, 0.29) is 5.75 Å². The van der Waals surface area contributed by atoms with E-state index >= 15 is 0 Å². The van der Waals surface area contributed by atoms with Crippen molar-refractivity contribution < 1.29 is 5.11 Å². The van der Waals surface area contributed by atoms with Gasteiger partial charge >= 0.3 is 0 Å². The molecular weight excluding hydrogens is 216 g/mol. The Morgan fingerprint density at radius 2 is 1.94 bits per heavy atom. The lowest BCUT2D eigenvalue weighted by molar-refractivity contribution is 0.475. The van der Waals surface area contributed by atoms with E-state index < -0.39 is 0 Å². The van der Waals surface area contributed by atoms with Crippen LogP contribution in [-0.4, -0.2) is 22.1 Å². The number of nitrogen functional groups attached to an aromatic ring is 1. The van der Waals surface area contributed by atoms with Gasteiger partial charge in [0.25, 0.3) is 0 Å². The number of nitrogens with zero attached hydrogens (tertiary/aromatic N) is 2. The fourth-order valence-electron chi connectivity index (χ4n) is 1.53. The van der Waals surface area contributed by atoms with E-state index in [1.54, 1.807) is 30.3 Å². The van der Waals surface area contributed by atoms with Crippen LogP contribution in [0.4, 0.5) is 5.82 Å². The molecule has 0 saturated heterocycles. The lowest BCUT2D eigenvalue weighted by Gasteiger charge is -2.05. The van der Waals surface area contributed by atoms with Crippen LogP contribution >= 0.6 is 0 Å². The predicted octanol–water partition coefficient (Wildman–Crippen LogP) is 1.15. The predicted molar refractivity (Wildman–Crippen MR) is 66.3 cm³/mol. The lowest BCUT2D eigenvalue weighted by atomic mass is 10.2. The molecule has 0 amide bonds. The van der Waals surface area contributed by atoms with E-state index in [1.807, 2.05) is 7.05 Å². The summed E-state index contributed by atoms with van der Waals surface area (Å²) in [7, 11) is 1.85. The summed E-state index contributed by atoms with van der Waals surface area (Å²) in [5.74, 6) is 1.22.